The van der Waals surface area contributed by atoms with Crippen LogP contribution < -0.4 is 10.1 Å². The summed E-state index contributed by atoms with van der Waals surface area (Å²) in [6, 6.07) is 8.16. The first-order valence-corrected chi connectivity index (χ1v) is 7.55. The number of hydrogen-bond acceptors (Lipinski definition) is 4. The molecule has 0 spiro atoms. The molecule has 1 N–H and O–H groups in total. The summed E-state index contributed by atoms with van der Waals surface area (Å²) < 4.78 is 11.3. The Balaban J connectivity index is 1.45. The summed E-state index contributed by atoms with van der Waals surface area (Å²) in [5.41, 5.74) is 1.23. The van der Waals surface area contributed by atoms with Gasteiger partial charge >= 0.3 is 0 Å². The number of piperazine rings is 1. The lowest BCUT2D eigenvalue weighted by Crippen LogP contribution is -2.44. The molecular weight excluding hydrogens is 252 g/mol. The number of nitrogens with one attached hydrogen (secondary N) is 1. The molecule has 4 heteroatoms. The minimum Gasteiger partial charge on any atom is -0.493 e. The fourth-order valence-electron chi connectivity index (χ4n) is 2.29. The van der Waals surface area contributed by atoms with E-state index >= 15 is 0 Å². The van der Waals surface area contributed by atoms with E-state index in [0.29, 0.717) is 0 Å². The number of ether oxygens (including phenoxy) is 2. The molecule has 0 atom stereocenters. The molecule has 0 saturated carbocycles. The van der Waals surface area contributed by atoms with Crippen LogP contribution in [-0.4, -0.2) is 57.4 Å². The predicted molar refractivity (Wildman–Crippen MR) is 81.4 cm³/mol. The van der Waals surface area contributed by atoms with Gasteiger partial charge in [-0.1, -0.05) is 12.1 Å². The van der Waals surface area contributed by atoms with Gasteiger partial charge in [0, 0.05) is 45.8 Å². The first-order chi connectivity index (χ1) is 9.84. The van der Waals surface area contributed by atoms with Gasteiger partial charge in [0.05, 0.1) is 13.2 Å². The Bertz CT molecular complexity index is 378. The molecule has 112 valence electrons. The second kappa shape index (κ2) is 8.95. The zero-order valence-electron chi connectivity index (χ0n) is 12.4. The Kier molecular flexibility index (Phi) is 6.84. The molecule has 0 unspecified atom stereocenters. The Morgan fingerprint density at radius 2 is 2.00 bits per heavy atom. The quantitative estimate of drug-likeness (QED) is 0.734. The highest BCUT2D eigenvalue weighted by Gasteiger charge is 2.08. The van der Waals surface area contributed by atoms with Crippen molar-refractivity contribution in [1.82, 2.24) is 10.2 Å². The average molecular weight is 278 g/mol. The van der Waals surface area contributed by atoms with Crippen molar-refractivity contribution >= 4 is 0 Å². The van der Waals surface area contributed by atoms with Crippen molar-refractivity contribution in [3.8, 4) is 5.75 Å². The lowest BCUT2D eigenvalue weighted by Gasteiger charge is -2.26. The van der Waals surface area contributed by atoms with Crippen LogP contribution in [0.15, 0.2) is 24.3 Å². The summed E-state index contributed by atoms with van der Waals surface area (Å²) in [6.07, 6.45) is 0.940. The highest BCUT2D eigenvalue weighted by atomic mass is 16.5. The lowest BCUT2D eigenvalue weighted by atomic mass is 10.2. The Labute approximate surface area is 122 Å². The maximum atomic E-state index is 5.68. The molecule has 1 aromatic rings. The lowest BCUT2D eigenvalue weighted by molar-refractivity contribution is 0.0901. The molecule has 2 rings (SSSR count). The Morgan fingerprint density at radius 3 is 2.80 bits per heavy atom. The van der Waals surface area contributed by atoms with Crippen LogP contribution in [0.1, 0.15) is 12.0 Å². The second-order valence-electron chi connectivity index (χ2n) is 5.22. The number of rotatable bonds is 8. The van der Waals surface area contributed by atoms with E-state index in [1.165, 1.54) is 5.56 Å². The van der Waals surface area contributed by atoms with Gasteiger partial charge in [0.1, 0.15) is 5.75 Å². The highest BCUT2D eigenvalue weighted by Crippen LogP contribution is 2.12. The van der Waals surface area contributed by atoms with Crippen molar-refractivity contribution in [3.05, 3.63) is 29.8 Å². The minimum absolute atomic E-state index is 0.719. The first kappa shape index (κ1) is 15.3. The van der Waals surface area contributed by atoms with Gasteiger partial charge in [0.25, 0.3) is 0 Å². The fraction of sp³-hybridized carbons (Fsp3) is 0.625. The fourth-order valence-corrected chi connectivity index (χ4v) is 2.29. The van der Waals surface area contributed by atoms with Gasteiger partial charge in [-0.15, -0.1) is 0 Å². The van der Waals surface area contributed by atoms with Gasteiger partial charge in [-0.05, 0) is 24.6 Å². The van der Waals surface area contributed by atoms with Crippen LogP contribution in [-0.2, 0) is 4.74 Å². The van der Waals surface area contributed by atoms with Crippen molar-refractivity contribution in [3.63, 3.8) is 0 Å². The topological polar surface area (TPSA) is 33.7 Å². The number of benzene rings is 1. The van der Waals surface area contributed by atoms with E-state index < -0.39 is 0 Å². The standard InChI is InChI=1S/C16H26N2O2/c1-15-4-2-5-16(14-15)20-12-3-11-19-13-10-18-8-6-17-7-9-18/h2,4-5,14,17H,3,6-13H2,1H3. The maximum absolute atomic E-state index is 5.68. The van der Waals surface area contributed by atoms with Crippen LogP contribution in [0.4, 0.5) is 0 Å². The van der Waals surface area contributed by atoms with E-state index in [9.17, 15) is 0 Å². The molecule has 0 aromatic heterocycles. The van der Waals surface area contributed by atoms with Crippen molar-refractivity contribution < 1.29 is 9.47 Å². The average Bonchev–Trinajstić information content (AvgIpc) is 2.47. The van der Waals surface area contributed by atoms with E-state index in [4.69, 9.17) is 9.47 Å². The number of nitrogens with zero attached hydrogens (tertiary/aromatic N) is 1. The third kappa shape index (κ3) is 5.90. The van der Waals surface area contributed by atoms with Crippen LogP contribution in [0, 0.1) is 6.92 Å². The smallest absolute Gasteiger partial charge is 0.119 e. The van der Waals surface area contributed by atoms with Crippen LogP contribution >= 0.6 is 0 Å². The Morgan fingerprint density at radius 1 is 1.15 bits per heavy atom. The molecular formula is C16H26N2O2. The summed E-state index contributed by atoms with van der Waals surface area (Å²) in [7, 11) is 0. The Hall–Kier alpha value is -1.10. The molecule has 1 aliphatic heterocycles. The van der Waals surface area contributed by atoms with E-state index in [0.717, 1.165) is 64.7 Å². The van der Waals surface area contributed by atoms with Crippen molar-refractivity contribution in [1.29, 1.82) is 0 Å². The van der Waals surface area contributed by atoms with E-state index in [1.807, 2.05) is 12.1 Å². The van der Waals surface area contributed by atoms with Gasteiger partial charge in [0.2, 0.25) is 0 Å². The zero-order chi connectivity index (χ0) is 14.0. The molecule has 4 nitrogen and oxygen atoms in total. The van der Waals surface area contributed by atoms with Gasteiger partial charge in [-0.3, -0.25) is 4.90 Å². The van der Waals surface area contributed by atoms with Crippen molar-refractivity contribution in [2.24, 2.45) is 0 Å². The van der Waals surface area contributed by atoms with Crippen LogP contribution in [0.2, 0.25) is 0 Å². The zero-order valence-corrected chi connectivity index (χ0v) is 12.4. The summed E-state index contributed by atoms with van der Waals surface area (Å²) in [5, 5.41) is 3.35. The van der Waals surface area contributed by atoms with Gasteiger partial charge in [-0.2, -0.15) is 0 Å². The molecule has 1 aliphatic rings. The van der Waals surface area contributed by atoms with Crippen LogP contribution in [0.3, 0.4) is 0 Å². The molecule has 1 saturated heterocycles. The second-order valence-corrected chi connectivity index (χ2v) is 5.22. The van der Waals surface area contributed by atoms with Gasteiger partial charge in [-0.25, -0.2) is 0 Å². The SMILES string of the molecule is Cc1cccc(OCCCOCCN2CCNCC2)c1. The largest absolute Gasteiger partial charge is 0.493 e. The predicted octanol–water partition coefficient (Wildman–Crippen LogP) is 1.69. The van der Waals surface area contributed by atoms with Crippen molar-refractivity contribution in [2.45, 2.75) is 13.3 Å². The number of hydrogen-bond donors (Lipinski definition) is 1. The molecule has 1 aromatic carbocycles. The minimum atomic E-state index is 0.719. The number of aryl methyl sites for hydroxylation is 1. The third-order valence-corrected chi connectivity index (χ3v) is 3.45. The van der Waals surface area contributed by atoms with E-state index in [-0.39, 0.29) is 0 Å². The van der Waals surface area contributed by atoms with Gasteiger partial charge < -0.3 is 14.8 Å². The van der Waals surface area contributed by atoms with Crippen LogP contribution in [0.25, 0.3) is 0 Å². The molecule has 0 radical (unpaired) electrons. The normalized spacial score (nSPS) is 16.2. The molecule has 0 amide bonds. The van der Waals surface area contributed by atoms with E-state index in [2.05, 4.69) is 29.3 Å². The summed E-state index contributed by atoms with van der Waals surface area (Å²) in [6.45, 7) is 9.92. The monoisotopic (exact) mass is 278 g/mol. The summed E-state index contributed by atoms with van der Waals surface area (Å²) in [4.78, 5) is 2.44. The third-order valence-electron chi connectivity index (χ3n) is 3.45. The summed E-state index contributed by atoms with van der Waals surface area (Å²) in [5.74, 6) is 0.950. The molecule has 0 aliphatic carbocycles. The van der Waals surface area contributed by atoms with Gasteiger partial charge in [0.15, 0.2) is 0 Å². The maximum Gasteiger partial charge on any atom is 0.119 e. The van der Waals surface area contributed by atoms with Crippen LogP contribution in [0.5, 0.6) is 5.75 Å². The summed E-state index contributed by atoms with van der Waals surface area (Å²) >= 11 is 0. The molecule has 0 bridgehead atoms. The molecule has 20 heavy (non-hydrogen) atoms. The van der Waals surface area contributed by atoms with E-state index in [1.54, 1.807) is 0 Å². The molecule has 1 heterocycles. The highest BCUT2D eigenvalue weighted by molar-refractivity contribution is 5.27. The first-order valence-electron chi connectivity index (χ1n) is 7.55. The van der Waals surface area contributed by atoms with Crippen molar-refractivity contribution in [2.75, 3.05) is 52.5 Å². The molecule has 1 fully saturated rings.